The Hall–Kier alpha value is -1.83. The van der Waals surface area contributed by atoms with Crippen molar-refractivity contribution in [1.29, 1.82) is 0 Å². The Morgan fingerprint density at radius 1 is 1.23 bits per heavy atom. The van der Waals surface area contributed by atoms with Crippen LogP contribution in [0.5, 0.6) is 11.5 Å². The van der Waals surface area contributed by atoms with Crippen molar-refractivity contribution < 1.29 is 18.9 Å². The summed E-state index contributed by atoms with van der Waals surface area (Å²) in [5, 5.41) is 0. The molecule has 0 spiro atoms. The van der Waals surface area contributed by atoms with E-state index >= 15 is 0 Å². The molecule has 1 aliphatic heterocycles. The number of rotatable bonds is 8. The molecule has 0 saturated carbocycles. The van der Waals surface area contributed by atoms with Crippen LogP contribution in [0.3, 0.4) is 0 Å². The third kappa shape index (κ3) is 3.01. The van der Waals surface area contributed by atoms with E-state index in [9.17, 15) is 0 Å². The average molecular weight is 307 g/mol. The van der Waals surface area contributed by atoms with Gasteiger partial charge >= 0.3 is 0 Å². The summed E-state index contributed by atoms with van der Waals surface area (Å²) in [6, 6.07) is 3.89. The molecule has 2 heterocycles. The van der Waals surface area contributed by atoms with Gasteiger partial charge in [-0.05, 0) is 6.54 Å². The van der Waals surface area contributed by atoms with Gasteiger partial charge in [0.25, 0.3) is 0 Å². The van der Waals surface area contributed by atoms with Crippen molar-refractivity contribution in [2.45, 2.75) is 13.0 Å². The highest BCUT2D eigenvalue weighted by Crippen LogP contribution is 2.36. The lowest BCUT2D eigenvalue weighted by atomic mass is 10.2. The van der Waals surface area contributed by atoms with Crippen molar-refractivity contribution in [3.05, 3.63) is 18.0 Å². The fourth-order valence-electron chi connectivity index (χ4n) is 2.53. The molecule has 0 radical (unpaired) electrons. The number of methoxy groups -OCH3 is 1. The Labute approximate surface area is 128 Å². The molecule has 1 aromatic carbocycles. The number of imidazole rings is 1. The number of ether oxygens (including phenoxy) is 4. The predicted octanol–water partition coefficient (Wildman–Crippen LogP) is 0.929. The summed E-state index contributed by atoms with van der Waals surface area (Å²) in [6.45, 7) is 3.31. The third-order valence-electron chi connectivity index (χ3n) is 3.58. The van der Waals surface area contributed by atoms with E-state index < -0.39 is 0 Å². The van der Waals surface area contributed by atoms with Gasteiger partial charge in [0.1, 0.15) is 5.82 Å². The molecular formula is C15H21N3O4. The fraction of sp³-hybridized carbons (Fsp3) is 0.533. The van der Waals surface area contributed by atoms with Crippen LogP contribution in [-0.2, 0) is 22.4 Å². The summed E-state index contributed by atoms with van der Waals surface area (Å²) in [4.78, 5) is 4.66. The van der Waals surface area contributed by atoms with Gasteiger partial charge in [-0.25, -0.2) is 4.98 Å². The number of aromatic nitrogens is 2. The number of nitrogens with two attached hydrogens (primary N) is 1. The van der Waals surface area contributed by atoms with Crippen molar-refractivity contribution in [3.63, 3.8) is 0 Å². The van der Waals surface area contributed by atoms with Gasteiger partial charge in [0.15, 0.2) is 11.5 Å². The molecule has 0 fully saturated rings. The minimum Gasteiger partial charge on any atom is -0.454 e. The molecule has 0 bridgehead atoms. The number of hydrogen-bond acceptors (Lipinski definition) is 6. The summed E-state index contributed by atoms with van der Waals surface area (Å²) < 4.78 is 23.5. The molecular weight excluding hydrogens is 286 g/mol. The van der Waals surface area contributed by atoms with Crippen LogP contribution < -0.4 is 15.2 Å². The quantitative estimate of drug-likeness (QED) is 0.731. The lowest BCUT2D eigenvalue weighted by molar-refractivity contribution is 0.0667. The topological polar surface area (TPSA) is 80.8 Å². The van der Waals surface area contributed by atoms with Crippen LogP contribution in [0.2, 0.25) is 0 Å². The Kier molecular flexibility index (Phi) is 4.77. The molecule has 7 nitrogen and oxygen atoms in total. The van der Waals surface area contributed by atoms with Crippen LogP contribution in [0, 0.1) is 0 Å². The number of nitrogens with zero attached hydrogens (tertiary/aromatic N) is 2. The van der Waals surface area contributed by atoms with Crippen LogP contribution in [0.1, 0.15) is 5.82 Å². The van der Waals surface area contributed by atoms with Crippen molar-refractivity contribution >= 4 is 11.0 Å². The second-order valence-corrected chi connectivity index (χ2v) is 5.02. The largest absolute Gasteiger partial charge is 0.454 e. The first-order valence-corrected chi connectivity index (χ1v) is 7.39. The van der Waals surface area contributed by atoms with Crippen LogP contribution >= 0.6 is 0 Å². The highest BCUT2D eigenvalue weighted by molar-refractivity contribution is 5.81. The number of benzene rings is 1. The maximum atomic E-state index is 5.69. The molecule has 0 aliphatic carbocycles. The first-order chi connectivity index (χ1) is 10.8. The summed E-state index contributed by atoms with van der Waals surface area (Å²) >= 11 is 0. The maximum Gasteiger partial charge on any atom is 0.231 e. The Morgan fingerprint density at radius 2 is 2.05 bits per heavy atom. The van der Waals surface area contributed by atoms with Crippen molar-refractivity contribution in [2.75, 3.05) is 40.3 Å². The minimum atomic E-state index is 0.262. The zero-order valence-corrected chi connectivity index (χ0v) is 12.7. The number of fused-ring (bicyclic) bond motifs is 2. The van der Waals surface area contributed by atoms with Crippen molar-refractivity contribution in [1.82, 2.24) is 9.55 Å². The van der Waals surface area contributed by atoms with Gasteiger partial charge in [-0.15, -0.1) is 0 Å². The SMILES string of the molecule is COCCOCCn1c(CCN)nc2cc3c(cc21)OCO3. The molecule has 0 saturated heterocycles. The van der Waals surface area contributed by atoms with E-state index in [1.807, 2.05) is 12.1 Å². The first-order valence-electron chi connectivity index (χ1n) is 7.39. The molecule has 7 heteroatoms. The second kappa shape index (κ2) is 6.95. The molecule has 2 N–H and O–H groups in total. The highest BCUT2D eigenvalue weighted by Gasteiger charge is 2.18. The smallest absolute Gasteiger partial charge is 0.231 e. The maximum absolute atomic E-state index is 5.69. The minimum absolute atomic E-state index is 0.262. The van der Waals surface area contributed by atoms with E-state index in [0.717, 1.165) is 41.3 Å². The molecule has 2 aromatic rings. The van der Waals surface area contributed by atoms with E-state index in [4.69, 9.17) is 24.7 Å². The van der Waals surface area contributed by atoms with Gasteiger partial charge in [0, 0.05) is 32.2 Å². The average Bonchev–Trinajstić information content (AvgIpc) is 3.09. The summed E-state index contributed by atoms with van der Waals surface area (Å²) in [6.07, 6.45) is 0.721. The molecule has 0 atom stereocenters. The summed E-state index contributed by atoms with van der Waals surface area (Å²) in [5.41, 5.74) is 7.60. The van der Waals surface area contributed by atoms with Gasteiger partial charge in [0.05, 0.1) is 30.9 Å². The van der Waals surface area contributed by atoms with Crippen LogP contribution in [0.15, 0.2) is 12.1 Å². The van der Waals surface area contributed by atoms with Gasteiger partial charge in [-0.2, -0.15) is 0 Å². The summed E-state index contributed by atoms with van der Waals surface area (Å²) in [7, 11) is 1.66. The monoisotopic (exact) mass is 307 g/mol. The Balaban J connectivity index is 1.83. The van der Waals surface area contributed by atoms with E-state index in [1.54, 1.807) is 7.11 Å². The number of hydrogen-bond donors (Lipinski definition) is 1. The lowest BCUT2D eigenvalue weighted by Gasteiger charge is -2.09. The molecule has 1 aromatic heterocycles. The zero-order valence-electron chi connectivity index (χ0n) is 12.7. The molecule has 120 valence electrons. The fourth-order valence-corrected chi connectivity index (χ4v) is 2.53. The lowest BCUT2D eigenvalue weighted by Crippen LogP contribution is -2.14. The first kappa shape index (κ1) is 15.1. The van der Waals surface area contributed by atoms with E-state index in [0.29, 0.717) is 26.4 Å². The normalized spacial score (nSPS) is 13.2. The molecule has 3 rings (SSSR count). The Bertz CT molecular complexity index is 641. The zero-order chi connectivity index (χ0) is 15.4. The van der Waals surface area contributed by atoms with Gasteiger partial charge < -0.3 is 29.2 Å². The van der Waals surface area contributed by atoms with Gasteiger partial charge in [-0.1, -0.05) is 0 Å². The molecule has 0 unspecified atom stereocenters. The van der Waals surface area contributed by atoms with E-state index in [1.165, 1.54) is 0 Å². The van der Waals surface area contributed by atoms with E-state index in [-0.39, 0.29) is 6.79 Å². The standard InChI is InChI=1S/C15H21N3O4/c1-19-6-7-20-5-4-18-12-9-14-13(21-10-22-14)8-11(12)17-15(18)2-3-16/h8-9H,2-7,10,16H2,1H3. The Morgan fingerprint density at radius 3 is 2.82 bits per heavy atom. The van der Waals surface area contributed by atoms with E-state index in [2.05, 4.69) is 9.55 Å². The van der Waals surface area contributed by atoms with Crippen molar-refractivity contribution in [3.8, 4) is 11.5 Å². The van der Waals surface area contributed by atoms with Gasteiger partial charge in [-0.3, -0.25) is 0 Å². The van der Waals surface area contributed by atoms with Crippen LogP contribution in [-0.4, -0.2) is 49.8 Å². The molecule has 22 heavy (non-hydrogen) atoms. The van der Waals surface area contributed by atoms with Crippen molar-refractivity contribution in [2.24, 2.45) is 5.73 Å². The second-order valence-electron chi connectivity index (χ2n) is 5.02. The van der Waals surface area contributed by atoms with Gasteiger partial charge in [0.2, 0.25) is 6.79 Å². The van der Waals surface area contributed by atoms with Crippen LogP contribution in [0.25, 0.3) is 11.0 Å². The van der Waals surface area contributed by atoms with Crippen LogP contribution in [0.4, 0.5) is 0 Å². The summed E-state index contributed by atoms with van der Waals surface area (Å²) in [5.74, 6) is 2.46. The molecule has 1 aliphatic rings. The molecule has 0 amide bonds. The predicted molar refractivity (Wildman–Crippen MR) is 81.3 cm³/mol. The highest BCUT2D eigenvalue weighted by atomic mass is 16.7. The third-order valence-corrected chi connectivity index (χ3v) is 3.58.